The zero-order chi connectivity index (χ0) is 21.5. The second-order valence-electron chi connectivity index (χ2n) is 7.27. The molecule has 2 aromatic carbocycles. The van der Waals surface area contributed by atoms with E-state index in [1.807, 2.05) is 12.1 Å². The van der Waals surface area contributed by atoms with Gasteiger partial charge in [0.2, 0.25) is 11.7 Å². The third-order valence-electron chi connectivity index (χ3n) is 5.23. The summed E-state index contributed by atoms with van der Waals surface area (Å²) in [5.74, 6) is 1.39. The van der Waals surface area contributed by atoms with Crippen molar-refractivity contribution in [2.45, 2.75) is 0 Å². The first-order chi connectivity index (χ1) is 14.5. The number of ether oxygens (including phenoxy) is 3. The monoisotopic (exact) mass is 412 g/mol. The molecule has 160 valence electrons. The van der Waals surface area contributed by atoms with E-state index in [1.54, 1.807) is 44.4 Å². The summed E-state index contributed by atoms with van der Waals surface area (Å²) < 4.78 is 16.0. The van der Waals surface area contributed by atoms with Gasteiger partial charge < -0.3 is 29.3 Å². The summed E-state index contributed by atoms with van der Waals surface area (Å²) in [6.45, 7) is 4.39. The minimum absolute atomic E-state index is 0.209. The number of quaternary nitrogens is 1. The summed E-state index contributed by atoms with van der Waals surface area (Å²) in [5, 5.41) is 2.89. The van der Waals surface area contributed by atoms with Crippen LogP contribution in [0, 0.1) is 0 Å². The lowest BCUT2D eigenvalue weighted by Crippen LogP contribution is -3.12. The van der Waals surface area contributed by atoms with Crippen LogP contribution in [-0.2, 0) is 4.79 Å². The fourth-order valence-corrected chi connectivity index (χ4v) is 3.46. The van der Waals surface area contributed by atoms with E-state index in [9.17, 15) is 4.79 Å². The highest BCUT2D eigenvalue weighted by atomic mass is 16.5. The smallest absolute Gasteiger partial charge is 0.248 e. The number of rotatable bonds is 7. The third kappa shape index (κ3) is 5.24. The normalized spacial score (nSPS) is 14.6. The number of methoxy groups -OCH3 is 3. The van der Waals surface area contributed by atoms with E-state index in [0.29, 0.717) is 17.2 Å². The van der Waals surface area contributed by atoms with Crippen molar-refractivity contribution < 1.29 is 23.9 Å². The highest BCUT2D eigenvalue weighted by Crippen LogP contribution is 2.38. The molecule has 0 atom stereocenters. The zero-order valence-corrected chi connectivity index (χ0v) is 18.0. The number of hydrogen-bond acceptors (Lipinski definition) is 5. The summed E-state index contributed by atoms with van der Waals surface area (Å²) in [6, 6.07) is 11.6. The Morgan fingerprint density at radius 1 is 1.00 bits per heavy atom. The van der Waals surface area contributed by atoms with Crippen molar-refractivity contribution in [3.8, 4) is 17.2 Å². The van der Waals surface area contributed by atoms with Gasteiger partial charge in [0.25, 0.3) is 0 Å². The molecule has 30 heavy (non-hydrogen) atoms. The molecule has 0 bridgehead atoms. The van der Waals surface area contributed by atoms with Gasteiger partial charge in [-0.3, -0.25) is 4.79 Å². The van der Waals surface area contributed by atoms with Gasteiger partial charge in [-0.05, 0) is 48.0 Å². The number of likely N-dealkylation sites (N-methyl/N-ethyl adjacent to an activating group) is 1. The van der Waals surface area contributed by atoms with Crippen LogP contribution in [0.5, 0.6) is 17.2 Å². The van der Waals surface area contributed by atoms with Gasteiger partial charge in [-0.15, -0.1) is 0 Å². The van der Waals surface area contributed by atoms with Crippen LogP contribution >= 0.6 is 0 Å². The number of nitrogens with one attached hydrogen (secondary N) is 2. The molecule has 2 N–H and O–H groups in total. The van der Waals surface area contributed by atoms with Crippen LogP contribution in [0.15, 0.2) is 42.5 Å². The molecule has 1 aliphatic rings. The van der Waals surface area contributed by atoms with Crippen LogP contribution in [0.2, 0.25) is 0 Å². The highest BCUT2D eigenvalue weighted by molar-refractivity contribution is 6.02. The molecular weight excluding hydrogens is 382 g/mol. The molecule has 7 heteroatoms. The van der Waals surface area contributed by atoms with Crippen molar-refractivity contribution >= 4 is 23.4 Å². The molecule has 3 rings (SSSR count). The Morgan fingerprint density at radius 2 is 1.60 bits per heavy atom. The van der Waals surface area contributed by atoms with E-state index in [-0.39, 0.29) is 5.91 Å². The number of carbonyl (C=O) groups is 1. The number of amides is 1. The lowest BCUT2D eigenvalue weighted by molar-refractivity contribution is -0.880. The topological polar surface area (TPSA) is 64.5 Å². The summed E-state index contributed by atoms with van der Waals surface area (Å²) in [6.07, 6.45) is 3.19. The van der Waals surface area contributed by atoms with Crippen LogP contribution in [0.25, 0.3) is 6.08 Å². The first kappa shape index (κ1) is 21.5. The Labute approximate surface area is 177 Å². The molecule has 7 nitrogen and oxygen atoms in total. The van der Waals surface area contributed by atoms with E-state index in [0.717, 1.165) is 37.4 Å². The molecule has 1 aliphatic heterocycles. The molecule has 1 heterocycles. The summed E-state index contributed by atoms with van der Waals surface area (Å²) in [7, 11) is 6.90. The largest absolute Gasteiger partial charge is 0.493 e. The van der Waals surface area contributed by atoms with Crippen LogP contribution in [0.4, 0.5) is 11.4 Å². The number of hydrogen-bond donors (Lipinski definition) is 2. The molecule has 1 fully saturated rings. The Hall–Kier alpha value is -3.19. The number of piperazine rings is 1. The van der Waals surface area contributed by atoms with Gasteiger partial charge in [-0.25, -0.2) is 0 Å². The lowest BCUT2D eigenvalue weighted by atomic mass is 10.1. The number of benzene rings is 2. The van der Waals surface area contributed by atoms with Crippen molar-refractivity contribution in [3.63, 3.8) is 0 Å². The van der Waals surface area contributed by atoms with E-state index in [1.165, 1.54) is 11.8 Å². The SMILES string of the molecule is COc1cc(/C=C/C(=O)Nc2ccc(N3CC[NH+](C)CC3)cc2)cc(OC)c1OC. The van der Waals surface area contributed by atoms with Crippen LogP contribution in [0.3, 0.4) is 0 Å². The van der Waals surface area contributed by atoms with E-state index in [4.69, 9.17) is 14.2 Å². The van der Waals surface area contributed by atoms with Crippen molar-refractivity contribution in [2.75, 3.05) is 64.8 Å². The Morgan fingerprint density at radius 3 is 2.13 bits per heavy atom. The zero-order valence-electron chi connectivity index (χ0n) is 18.0. The number of anilines is 2. The average Bonchev–Trinajstić information content (AvgIpc) is 2.78. The second kappa shape index (κ2) is 10.0. The van der Waals surface area contributed by atoms with Gasteiger partial charge in [0, 0.05) is 17.5 Å². The van der Waals surface area contributed by atoms with Crippen LogP contribution in [0.1, 0.15) is 5.56 Å². The van der Waals surface area contributed by atoms with Crippen molar-refractivity contribution in [1.29, 1.82) is 0 Å². The number of carbonyl (C=O) groups excluding carboxylic acids is 1. The third-order valence-corrected chi connectivity index (χ3v) is 5.23. The minimum Gasteiger partial charge on any atom is -0.493 e. The molecule has 2 aromatic rings. The van der Waals surface area contributed by atoms with Crippen molar-refractivity contribution in [2.24, 2.45) is 0 Å². The quantitative estimate of drug-likeness (QED) is 0.678. The molecule has 0 spiro atoms. The summed E-state index contributed by atoms with van der Waals surface area (Å²) in [4.78, 5) is 16.3. The molecular formula is C23H30N3O4+. The predicted octanol–water partition coefficient (Wildman–Crippen LogP) is 1.70. The molecule has 1 saturated heterocycles. The molecule has 0 aromatic heterocycles. The van der Waals surface area contributed by atoms with Gasteiger partial charge in [0.05, 0.1) is 54.6 Å². The van der Waals surface area contributed by atoms with E-state index in [2.05, 4.69) is 29.4 Å². The molecule has 0 radical (unpaired) electrons. The van der Waals surface area contributed by atoms with Gasteiger partial charge in [-0.1, -0.05) is 0 Å². The highest BCUT2D eigenvalue weighted by Gasteiger charge is 2.16. The van der Waals surface area contributed by atoms with Gasteiger partial charge in [0.1, 0.15) is 0 Å². The van der Waals surface area contributed by atoms with Gasteiger partial charge in [-0.2, -0.15) is 0 Å². The Bertz CT molecular complexity index is 863. The van der Waals surface area contributed by atoms with Crippen LogP contribution < -0.4 is 29.3 Å². The molecule has 0 saturated carbocycles. The van der Waals surface area contributed by atoms with E-state index < -0.39 is 0 Å². The maximum atomic E-state index is 12.3. The maximum absolute atomic E-state index is 12.3. The fourth-order valence-electron chi connectivity index (χ4n) is 3.46. The first-order valence-corrected chi connectivity index (χ1v) is 9.99. The van der Waals surface area contributed by atoms with Crippen molar-refractivity contribution in [3.05, 3.63) is 48.0 Å². The predicted molar refractivity (Wildman–Crippen MR) is 119 cm³/mol. The second-order valence-corrected chi connectivity index (χ2v) is 7.27. The standard InChI is InChI=1S/C23H29N3O4/c1-25-11-13-26(14-12-25)19-8-6-18(7-9-19)24-22(27)10-5-17-15-20(28-2)23(30-4)21(16-17)29-3/h5-10,15-16H,11-14H2,1-4H3,(H,24,27)/p+1/b10-5+. The first-order valence-electron chi connectivity index (χ1n) is 9.99. The lowest BCUT2D eigenvalue weighted by Gasteiger charge is -2.31. The van der Waals surface area contributed by atoms with Crippen LogP contribution in [-0.4, -0.2) is 60.5 Å². The summed E-state index contributed by atoms with van der Waals surface area (Å²) in [5.41, 5.74) is 2.72. The maximum Gasteiger partial charge on any atom is 0.248 e. The Kier molecular flexibility index (Phi) is 7.19. The number of nitrogens with zero attached hydrogens (tertiary/aromatic N) is 1. The molecule has 0 unspecified atom stereocenters. The van der Waals surface area contributed by atoms with Gasteiger partial charge in [0.15, 0.2) is 11.5 Å². The minimum atomic E-state index is -0.209. The average molecular weight is 413 g/mol. The molecule has 0 aliphatic carbocycles. The summed E-state index contributed by atoms with van der Waals surface area (Å²) >= 11 is 0. The van der Waals surface area contributed by atoms with Gasteiger partial charge >= 0.3 is 0 Å². The molecule has 1 amide bonds. The Balaban J connectivity index is 1.63. The fraction of sp³-hybridized carbons (Fsp3) is 0.348. The van der Waals surface area contributed by atoms with Crippen molar-refractivity contribution in [1.82, 2.24) is 0 Å². The van der Waals surface area contributed by atoms with E-state index >= 15 is 0 Å².